The monoisotopic (exact) mass is 248 g/mol. The third-order valence-electron chi connectivity index (χ3n) is 2.53. The second-order valence-corrected chi connectivity index (χ2v) is 4.13. The van der Waals surface area contributed by atoms with Crippen molar-refractivity contribution in [2.75, 3.05) is 10.6 Å². The smallest absolute Gasteiger partial charge is 0.224 e. The topological polar surface area (TPSA) is 58.2 Å². The van der Waals surface area contributed by atoms with Crippen molar-refractivity contribution in [1.82, 2.24) is 0 Å². The van der Waals surface area contributed by atoms with Gasteiger partial charge in [-0.3, -0.25) is 9.59 Å². The second kappa shape index (κ2) is 7.48. The zero-order valence-corrected chi connectivity index (χ0v) is 11.0. The first kappa shape index (κ1) is 14.2. The van der Waals surface area contributed by atoms with Crippen molar-refractivity contribution in [3.8, 4) is 0 Å². The minimum Gasteiger partial charge on any atom is -0.326 e. The third kappa shape index (κ3) is 4.99. The van der Waals surface area contributed by atoms with E-state index in [4.69, 9.17) is 0 Å². The van der Waals surface area contributed by atoms with Gasteiger partial charge in [0.1, 0.15) is 0 Å². The SMILES string of the molecule is CCCCC(=O)Nc1ccc(NC(=O)CC)cc1. The Labute approximate surface area is 108 Å². The summed E-state index contributed by atoms with van der Waals surface area (Å²) in [6.45, 7) is 3.86. The fourth-order valence-electron chi connectivity index (χ4n) is 1.45. The van der Waals surface area contributed by atoms with E-state index in [1.54, 1.807) is 31.2 Å². The predicted molar refractivity (Wildman–Crippen MR) is 73.5 cm³/mol. The molecule has 4 heteroatoms. The van der Waals surface area contributed by atoms with Crippen LogP contribution in [0.25, 0.3) is 0 Å². The molecule has 0 radical (unpaired) electrons. The molecule has 1 aromatic rings. The lowest BCUT2D eigenvalue weighted by Gasteiger charge is -2.07. The molecule has 0 aliphatic carbocycles. The Kier molecular flexibility index (Phi) is 5.91. The van der Waals surface area contributed by atoms with Crippen LogP contribution in [-0.4, -0.2) is 11.8 Å². The summed E-state index contributed by atoms with van der Waals surface area (Å²) < 4.78 is 0. The molecule has 0 saturated carbocycles. The van der Waals surface area contributed by atoms with E-state index >= 15 is 0 Å². The van der Waals surface area contributed by atoms with Gasteiger partial charge in [-0.05, 0) is 30.7 Å². The summed E-state index contributed by atoms with van der Waals surface area (Å²) in [7, 11) is 0. The molecule has 2 amide bonds. The Balaban J connectivity index is 2.49. The number of benzene rings is 1. The molecule has 0 bridgehead atoms. The van der Waals surface area contributed by atoms with Crippen molar-refractivity contribution in [3.05, 3.63) is 24.3 Å². The van der Waals surface area contributed by atoms with Crippen LogP contribution >= 0.6 is 0 Å². The van der Waals surface area contributed by atoms with Crippen LogP contribution in [0.3, 0.4) is 0 Å². The van der Waals surface area contributed by atoms with Gasteiger partial charge < -0.3 is 10.6 Å². The van der Waals surface area contributed by atoms with E-state index in [0.29, 0.717) is 12.8 Å². The average molecular weight is 248 g/mol. The minimum atomic E-state index is -0.0188. The van der Waals surface area contributed by atoms with E-state index < -0.39 is 0 Å². The molecule has 1 rings (SSSR count). The highest BCUT2D eigenvalue weighted by Gasteiger charge is 2.02. The number of hydrogen-bond acceptors (Lipinski definition) is 2. The van der Waals surface area contributed by atoms with Crippen molar-refractivity contribution in [2.24, 2.45) is 0 Å². The highest BCUT2D eigenvalue weighted by atomic mass is 16.2. The number of carbonyl (C=O) groups excluding carboxylic acids is 2. The van der Waals surface area contributed by atoms with Crippen LogP contribution in [0.15, 0.2) is 24.3 Å². The standard InChI is InChI=1S/C14H20N2O2/c1-3-5-6-14(18)16-12-9-7-11(8-10-12)15-13(17)4-2/h7-10H,3-6H2,1-2H3,(H,15,17)(H,16,18). The van der Waals surface area contributed by atoms with Gasteiger partial charge in [-0.2, -0.15) is 0 Å². The number of unbranched alkanes of at least 4 members (excludes halogenated alkanes) is 1. The Bertz CT molecular complexity index is 399. The van der Waals surface area contributed by atoms with Crippen LogP contribution in [0.5, 0.6) is 0 Å². The van der Waals surface area contributed by atoms with Gasteiger partial charge in [0.05, 0.1) is 0 Å². The highest BCUT2D eigenvalue weighted by Crippen LogP contribution is 2.14. The van der Waals surface area contributed by atoms with Crippen molar-refractivity contribution < 1.29 is 9.59 Å². The van der Waals surface area contributed by atoms with Gasteiger partial charge >= 0.3 is 0 Å². The highest BCUT2D eigenvalue weighted by molar-refractivity contribution is 5.92. The maximum Gasteiger partial charge on any atom is 0.224 e. The zero-order valence-electron chi connectivity index (χ0n) is 11.0. The van der Waals surface area contributed by atoms with E-state index in [9.17, 15) is 9.59 Å². The van der Waals surface area contributed by atoms with Crippen molar-refractivity contribution in [3.63, 3.8) is 0 Å². The summed E-state index contributed by atoms with van der Waals surface area (Å²) >= 11 is 0. The van der Waals surface area contributed by atoms with Gasteiger partial charge in [0.2, 0.25) is 11.8 Å². The molecule has 18 heavy (non-hydrogen) atoms. The van der Waals surface area contributed by atoms with Crippen LogP contribution in [-0.2, 0) is 9.59 Å². The lowest BCUT2D eigenvalue weighted by Crippen LogP contribution is -2.11. The molecule has 0 atom stereocenters. The van der Waals surface area contributed by atoms with Crippen LogP contribution in [0, 0.1) is 0 Å². The van der Waals surface area contributed by atoms with E-state index in [0.717, 1.165) is 24.2 Å². The fourth-order valence-corrected chi connectivity index (χ4v) is 1.45. The maximum atomic E-state index is 11.5. The van der Waals surface area contributed by atoms with E-state index in [1.165, 1.54) is 0 Å². The molecule has 0 spiro atoms. The van der Waals surface area contributed by atoms with Gasteiger partial charge in [-0.15, -0.1) is 0 Å². The molecular formula is C14H20N2O2. The first-order valence-corrected chi connectivity index (χ1v) is 6.35. The lowest BCUT2D eigenvalue weighted by atomic mass is 10.2. The molecule has 1 aromatic carbocycles. The average Bonchev–Trinajstić information content (AvgIpc) is 2.38. The summed E-state index contributed by atoms with van der Waals surface area (Å²) in [5.74, 6) is 0.0110. The van der Waals surface area contributed by atoms with Crippen molar-refractivity contribution >= 4 is 23.2 Å². The molecule has 0 unspecified atom stereocenters. The Morgan fingerprint density at radius 1 is 0.944 bits per heavy atom. The molecule has 0 saturated heterocycles. The zero-order chi connectivity index (χ0) is 13.4. The van der Waals surface area contributed by atoms with Gasteiger partial charge in [0, 0.05) is 24.2 Å². The second-order valence-electron chi connectivity index (χ2n) is 4.13. The van der Waals surface area contributed by atoms with Gasteiger partial charge in [0.25, 0.3) is 0 Å². The first-order chi connectivity index (χ1) is 8.65. The molecule has 0 heterocycles. The normalized spacial score (nSPS) is 9.89. The Morgan fingerprint density at radius 2 is 1.44 bits per heavy atom. The lowest BCUT2D eigenvalue weighted by molar-refractivity contribution is -0.117. The third-order valence-corrected chi connectivity index (χ3v) is 2.53. The number of nitrogens with one attached hydrogen (secondary N) is 2. The first-order valence-electron chi connectivity index (χ1n) is 6.35. The van der Waals surface area contributed by atoms with E-state index in [2.05, 4.69) is 17.6 Å². The molecular weight excluding hydrogens is 228 g/mol. The summed E-state index contributed by atoms with van der Waals surface area (Å²) in [6.07, 6.45) is 2.91. The summed E-state index contributed by atoms with van der Waals surface area (Å²) in [4.78, 5) is 22.7. The molecule has 4 nitrogen and oxygen atoms in total. The Hall–Kier alpha value is -1.84. The van der Waals surface area contributed by atoms with Crippen LogP contribution in [0.1, 0.15) is 39.5 Å². The predicted octanol–water partition coefficient (Wildman–Crippen LogP) is 3.16. The van der Waals surface area contributed by atoms with Crippen LogP contribution < -0.4 is 10.6 Å². The van der Waals surface area contributed by atoms with Crippen LogP contribution in [0.2, 0.25) is 0 Å². The summed E-state index contributed by atoms with van der Waals surface area (Å²) in [5.41, 5.74) is 1.50. The number of amides is 2. The molecule has 0 aromatic heterocycles. The van der Waals surface area contributed by atoms with E-state index in [-0.39, 0.29) is 11.8 Å². The number of anilines is 2. The molecule has 98 valence electrons. The molecule has 0 aliphatic rings. The van der Waals surface area contributed by atoms with Gasteiger partial charge in [0.15, 0.2) is 0 Å². The molecule has 0 fully saturated rings. The Morgan fingerprint density at radius 3 is 1.89 bits per heavy atom. The summed E-state index contributed by atoms with van der Waals surface area (Å²) in [6, 6.07) is 7.14. The minimum absolute atomic E-state index is 0.0188. The van der Waals surface area contributed by atoms with Crippen molar-refractivity contribution in [2.45, 2.75) is 39.5 Å². The number of rotatable bonds is 6. The van der Waals surface area contributed by atoms with Gasteiger partial charge in [-0.1, -0.05) is 20.3 Å². The fraction of sp³-hybridized carbons (Fsp3) is 0.429. The van der Waals surface area contributed by atoms with Crippen LogP contribution in [0.4, 0.5) is 11.4 Å². The molecule has 0 aliphatic heterocycles. The van der Waals surface area contributed by atoms with Crippen molar-refractivity contribution in [1.29, 1.82) is 0 Å². The quantitative estimate of drug-likeness (QED) is 0.812. The number of hydrogen-bond donors (Lipinski definition) is 2. The van der Waals surface area contributed by atoms with Gasteiger partial charge in [-0.25, -0.2) is 0 Å². The number of carbonyl (C=O) groups is 2. The largest absolute Gasteiger partial charge is 0.326 e. The summed E-state index contributed by atoms with van der Waals surface area (Å²) in [5, 5.41) is 5.57. The maximum absolute atomic E-state index is 11.5. The van der Waals surface area contributed by atoms with E-state index in [1.807, 2.05) is 0 Å². The molecule has 2 N–H and O–H groups in total.